The Morgan fingerprint density at radius 2 is 0.978 bits per heavy atom. The third kappa shape index (κ3) is 4.43. The first-order valence-electron chi connectivity index (χ1n) is 14.6. The molecule has 4 aromatic carbocycles. The van der Waals surface area contributed by atoms with Crippen molar-refractivity contribution in [1.29, 1.82) is 0 Å². The van der Waals surface area contributed by atoms with Crippen molar-refractivity contribution in [3.63, 3.8) is 0 Å². The van der Waals surface area contributed by atoms with Gasteiger partial charge in [0.05, 0.1) is 46.6 Å². The largest absolute Gasteiger partial charge is 0.298 e. The minimum Gasteiger partial charge on any atom is -0.298 e. The highest BCUT2D eigenvalue weighted by atomic mass is 35.5. The summed E-state index contributed by atoms with van der Waals surface area (Å²) in [6.07, 6.45) is 3.54. The van der Waals surface area contributed by atoms with Crippen LogP contribution in [0.3, 0.4) is 0 Å². The van der Waals surface area contributed by atoms with Gasteiger partial charge >= 0.3 is 0 Å². The highest BCUT2D eigenvalue weighted by Gasteiger charge is 2.38. The number of aryl methyl sites for hydroxylation is 2. The monoisotopic (exact) mass is 648 g/mol. The maximum absolute atomic E-state index is 15.6. The molecule has 226 valence electrons. The third-order valence-electron chi connectivity index (χ3n) is 8.54. The summed E-state index contributed by atoms with van der Waals surface area (Å²) >= 11 is 13.1. The lowest BCUT2D eigenvalue weighted by molar-refractivity contribution is 0.541. The number of imidazole rings is 2. The van der Waals surface area contributed by atoms with Gasteiger partial charge in [-0.05, 0) is 74.5 Å². The van der Waals surface area contributed by atoms with Gasteiger partial charge in [0.15, 0.2) is 0 Å². The lowest BCUT2D eigenvalue weighted by Gasteiger charge is -2.22. The molecule has 4 heterocycles. The molecule has 2 atom stereocenters. The van der Waals surface area contributed by atoms with Gasteiger partial charge in [-0.3, -0.25) is 19.1 Å². The van der Waals surface area contributed by atoms with Crippen LogP contribution in [-0.2, 0) is 0 Å². The van der Waals surface area contributed by atoms with E-state index in [9.17, 15) is 0 Å². The van der Waals surface area contributed by atoms with E-state index < -0.39 is 23.7 Å². The van der Waals surface area contributed by atoms with E-state index in [0.29, 0.717) is 55.4 Å². The zero-order valence-corrected chi connectivity index (χ0v) is 26.1. The second kappa shape index (κ2) is 10.9. The fourth-order valence-electron chi connectivity index (χ4n) is 6.50. The van der Waals surface area contributed by atoms with Crippen LogP contribution in [0.1, 0.15) is 57.4 Å². The molecule has 0 amide bonds. The van der Waals surface area contributed by atoms with Crippen molar-refractivity contribution in [3.05, 3.63) is 164 Å². The first-order valence-corrected chi connectivity index (χ1v) is 15.4. The summed E-state index contributed by atoms with van der Waals surface area (Å²) in [6.45, 7) is 3.81. The highest BCUT2D eigenvalue weighted by molar-refractivity contribution is 6.32. The molecule has 6 nitrogen and oxygen atoms in total. The summed E-state index contributed by atoms with van der Waals surface area (Å²) in [5.41, 5.74) is 5.72. The van der Waals surface area contributed by atoms with Crippen molar-refractivity contribution in [1.82, 2.24) is 19.1 Å². The Labute approximate surface area is 273 Å². The van der Waals surface area contributed by atoms with Gasteiger partial charge in [0, 0.05) is 32.3 Å². The summed E-state index contributed by atoms with van der Waals surface area (Å²) in [7, 11) is 0. The van der Waals surface area contributed by atoms with Gasteiger partial charge in [-0.25, -0.2) is 18.7 Å². The molecule has 0 spiro atoms. The fraction of sp³-hybridized carbons (Fsp3) is 0.111. The molecule has 0 bridgehead atoms. The summed E-state index contributed by atoms with van der Waals surface area (Å²) in [4.78, 5) is 20.0. The Hall–Kier alpha value is -4.92. The lowest BCUT2D eigenvalue weighted by Crippen LogP contribution is -2.16. The number of halogens is 4. The molecule has 6 aromatic rings. The van der Waals surface area contributed by atoms with E-state index >= 15 is 8.78 Å². The molecule has 2 aromatic heterocycles. The molecule has 0 saturated carbocycles. The van der Waals surface area contributed by atoms with Gasteiger partial charge < -0.3 is 0 Å². The van der Waals surface area contributed by atoms with Crippen molar-refractivity contribution in [2.24, 2.45) is 9.98 Å². The molecular formula is C36H24Cl2F2N6. The Kier molecular flexibility index (Phi) is 6.74. The van der Waals surface area contributed by atoms with Gasteiger partial charge in [-0.1, -0.05) is 47.5 Å². The molecule has 0 aliphatic carbocycles. The number of hydrogen-bond acceptors (Lipinski definition) is 4. The predicted octanol–water partition coefficient (Wildman–Crippen LogP) is 8.74. The van der Waals surface area contributed by atoms with E-state index in [1.54, 1.807) is 73.1 Å². The second-order valence-corrected chi connectivity index (χ2v) is 12.1. The summed E-state index contributed by atoms with van der Waals surface area (Å²) in [6, 6.07) is 22.5. The van der Waals surface area contributed by atoms with E-state index in [0.717, 1.165) is 22.8 Å². The summed E-state index contributed by atoms with van der Waals surface area (Å²) in [5.74, 6) is 0.568. The minimum absolute atomic E-state index is 0.319. The molecule has 0 saturated heterocycles. The zero-order chi connectivity index (χ0) is 31.7. The first-order chi connectivity index (χ1) is 22.3. The quantitative estimate of drug-likeness (QED) is 0.193. The average molecular weight is 650 g/mol. The Bertz CT molecular complexity index is 2110. The molecule has 10 heteroatoms. The van der Waals surface area contributed by atoms with Crippen LogP contribution >= 0.6 is 23.2 Å². The fourth-order valence-corrected chi connectivity index (χ4v) is 6.85. The number of aliphatic imine (C=N–C) groups is 2. The SMILES string of the molecule is Cc1ncc2n1-c1ccc(Cl)cc1C(c1ccccc1F)=NC2C1N=C(c2ccccc2F)c2cc(Cl)ccc2-n2c1cnc2C. The van der Waals surface area contributed by atoms with Gasteiger partial charge in [0.2, 0.25) is 0 Å². The summed E-state index contributed by atoms with van der Waals surface area (Å²) in [5, 5.41) is 0.965. The van der Waals surface area contributed by atoms with Crippen LogP contribution < -0.4 is 0 Å². The van der Waals surface area contributed by atoms with Crippen molar-refractivity contribution in [2.45, 2.75) is 25.9 Å². The molecule has 2 aliphatic rings. The normalized spacial score (nSPS) is 16.7. The van der Waals surface area contributed by atoms with Crippen molar-refractivity contribution in [3.8, 4) is 11.4 Å². The van der Waals surface area contributed by atoms with E-state index in [1.807, 2.05) is 35.1 Å². The number of hydrogen-bond donors (Lipinski definition) is 0. The first kappa shape index (κ1) is 28.5. The number of nitrogens with zero attached hydrogens (tertiary/aromatic N) is 6. The number of rotatable bonds is 3. The standard InChI is InChI=1S/C36H24Cl2F2N6/c1-19-41-17-31-35(43-33(23-7-3-5-9-27(23)39)25-15-21(37)11-13-29(25)45(19)31)36-32-18-42-20(2)46(32)30-14-12-22(38)16-26(30)34(44-36)24-8-4-6-10-28(24)40/h3-18,35-36H,1-2H3. The molecule has 0 fully saturated rings. The average Bonchev–Trinajstić information content (AvgIpc) is 3.53. The highest BCUT2D eigenvalue weighted by Crippen LogP contribution is 2.45. The van der Waals surface area contributed by atoms with Crippen LogP contribution in [0.15, 0.2) is 107 Å². The number of aromatic nitrogens is 4. The van der Waals surface area contributed by atoms with Crippen LogP contribution in [0.4, 0.5) is 8.78 Å². The zero-order valence-electron chi connectivity index (χ0n) is 24.6. The van der Waals surface area contributed by atoms with Gasteiger partial charge in [0.1, 0.15) is 35.4 Å². The maximum atomic E-state index is 15.6. The molecule has 2 aliphatic heterocycles. The van der Waals surface area contributed by atoms with Gasteiger partial charge in [-0.2, -0.15) is 0 Å². The van der Waals surface area contributed by atoms with Gasteiger partial charge in [0.25, 0.3) is 0 Å². The predicted molar refractivity (Wildman–Crippen MR) is 176 cm³/mol. The second-order valence-electron chi connectivity index (χ2n) is 11.3. The van der Waals surface area contributed by atoms with Crippen LogP contribution in [0.25, 0.3) is 11.4 Å². The molecule has 46 heavy (non-hydrogen) atoms. The molecule has 0 radical (unpaired) electrons. The molecular weight excluding hydrogens is 625 g/mol. The maximum Gasteiger partial charge on any atom is 0.132 e. The lowest BCUT2D eigenvalue weighted by atomic mass is 9.98. The van der Waals surface area contributed by atoms with Crippen LogP contribution in [0, 0.1) is 25.5 Å². The van der Waals surface area contributed by atoms with E-state index in [2.05, 4.69) is 9.97 Å². The molecule has 2 unspecified atom stereocenters. The number of benzene rings is 4. The van der Waals surface area contributed by atoms with E-state index in [4.69, 9.17) is 33.2 Å². The Morgan fingerprint density at radius 1 is 0.565 bits per heavy atom. The Balaban J connectivity index is 1.49. The van der Waals surface area contributed by atoms with Crippen LogP contribution in [0.2, 0.25) is 10.0 Å². The van der Waals surface area contributed by atoms with Crippen molar-refractivity contribution < 1.29 is 8.78 Å². The van der Waals surface area contributed by atoms with Crippen LogP contribution in [-0.4, -0.2) is 30.5 Å². The summed E-state index contributed by atoms with van der Waals surface area (Å²) < 4.78 is 35.3. The smallest absolute Gasteiger partial charge is 0.132 e. The Morgan fingerprint density at radius 3 is 1.39 bits per heavy atom. The van der Waals surface area contributed by atoms with Gasteiger partial charge in [-0.15, -0.1) is 0 Å². The van der Waals surface area contributed by atoms with E-state index in [1.165, 1.54) is 12.1 Å². The third-order valence-corrected chi connectivity index (χ3v) is 9.01. The number of fused-ring (bicyclic) bond motifs is 6. The van der Waals surface area contributed by atoms with Crippen molar-refractivity contribution >= 4 is 34.6 Å². The van der Waals surface area contributed by atoms with Crippen molar-refractivity contribution in [2.75, 3.05) is 0 Å². The minimum atomic E-state index is -0.747. The molecule has 8 rings (SSSR count). The van der Waals surface area contributed by atoms with E-state index in [-0.39, 0.29) is 0 Å². The topological polar surface area (TPSA) is 60.4 Å². The van der Waals surface area contributed by atoms with Crippen LogP contribution in [0.5, 0.6) is 0 Å². The molecule has 0 N–H and O–H groups in total.